The Bertz CT molecular complexity index is 425. The van der Waals surface area contributed by atoms with E-state index in [0.717, 1.165) is 50.0 Å². The zero-order valence-corrected chi connectivity index (χ0v) is 13.0. The molecule has 1 fully saturated rings. The zero-order chi connectivity index (χ0) is 14.5. The van der Waals surface area contributed by atoms with Crippen LogP contribution in [0.5, 0.6) is 0 Å². The fourth-order valence-electron chi connectivity index (χ4n) is 2.85. The third-order valence-corrected chi connectivity index (χ3v) is 4.65. The molecule has 20 heavy (non-hydrogen) atoms. The van der Waals surface area contributed by atoms with Gasteiger partial charge in [0, 0.05) is 18.2 Å². The molecular weight excluding hydrogens is 251 g/mol. The van der Waals surface area contributed by atoms with Crippen LogP contribution in [0.25, 0.3) is 0 Å². The van der Waals surface area contributed by atoms with E-state index in [1.54, 1.807) is 6.07 Å². The van der Waals surface area contributed by atoms with Crippen molar-refractivity contribution in [2.24, 2.45) is 0 Å². The van der Waals surface area contributed by atoms with Gasteiger partial charge in [0.2, 0.25) is 0 Å². The Morgan fingerprint density at radius 2 is 2.05 bits per heavy atom. The highest BCUT2D eigenvalue weighted by Gasteiger charge is 2.19. The lowest BCUT2D eigenvalue weighted by Crippen LogP contribution is -2.40. The average Bonchev–Trinajstić information content (AvgIpc) is 2.49. The van der Waals surface area contributed by atoms with E-state index in [-0.39, 0.29) is 5.82 Å². The topological polar surface area (TPSA) is 15.3 Å². The van der Waals surface area contributed by atoms with E-state index in [1.807, 2.05) is 13.1 Å². The lowest BCUT2D eigenvalue weighted by molar-refractivity contribution is 0.192. The molecule has 3 heteroatoms. The predicted molar refractivity (Wildman–Crippen MR) is 82.5 cm³/mol. The third kappa shape index (κ3) is 3.80. The van der Waals surface area contributed by atoms with Gasteiger partial charge in [-0.15, -0.1) is 0 Å². The number of halogens is 1. The normalized spacial score (nSPS) is 19.2. The summed E-state index contributed by atoms with van der Waals surface area (Å²) in [5.74, 6) is 0.392. The van der Waals surface area contributed by atoms with Gasteiger partial charge in [0.15, 0.2) is 0 Å². The van der Waals surface area contributed by atoms with Gasteiger partial charge in [-0.1, -0.05) is 26.0 Å². The van der Waals surface area contributed by atoms with E-state index < -0.39 is 0 Å². The minimum absolute atomic E-state index is 0.0430. The van der Waals surface area contributed by atoms with Crippen molar-refractivity contribution in [3.8, 4) is 0 Å². The number of hydrogen-bond acceptors (Lipinski definition) is 2. The Morgan fingerprint density at radius 3 is 2.60 bits per heavy atom. The summed E-state index contributed by atoms with van der Waals surface area (Å²) in [6.07, 6.45) is 3.36. The molecule has 1 aromatic carbocycles. The van der Waals surface area contributed by atoms with E-state index in [9.17, 15) is 4.39 Å². The number of piperidine rings is 1. The molecule has 112 valence electrons. The van der Waals surface area contributed by atoms with Crippen LogP contribution >= 0.6 is 0 Å². The first-order chi connectivity index (χ1) is 9.63. The van der Waals surface area contributed by atoms with Crippen LogP contribution in [0, 0.1) is 5.82 Å². The summed E-state index contributed by atoms with van der Waals surface area (Å²) in [5, 5.41) is 3.33. The summed E-state index contributed by atoms with van der Waals surface area (Å²) in [6.45, 7) is 7.14. The third-order valence-electron chi connectivity index (χ3n) is 4.65. The van der Waals surface area contributed by atoms with Crippen molar-refractivity contribution in [3.63, 3.8) is 0 Å². The number of rotatable bonds is 5. The first kappa shape index (κ1) is 15.5. The van der Waals surface area contributed by atoms with Gasteiger partial charge < -0.3 is 5.32 Å². The van der Waals surface area contributed by atoms with Gasteiger partial charge >= 0.3 is 0 Å². The predicted octanol–water partition coefficient (Wildman–Crippen LogP) is 3.52. The Labute approximate surface area is 122 Å². The number of nitrogens with zero attached hydrogens (tertiary/aromatic N) is 1. The quantitative estimate of drug-likeness (QED) is 0.886. The van der Waals surface area contributed by atoms with Crippen LogP contribution in [0.2, 0.25) is 0 Å². The summed E-state index contributed by atoms with van der Waals surface area (Å²) in [5.41, 5.74) is 1.95. The summed E-state index contributed by atoms with van der Waals surface area (Å²) in [4.78, 5) is 2.36. The largest absolute Gasteiger partial charge is 0.317 e. The Kier molecular flexibility index (Phi) is 5.55. The summed E-state index contributed by atoms with van der Waals surface area (Å²) in [6, 6.07) is 6.42. The van der Waals surface area contributed by atoms with Crippen molar-refractivity contribution in [3.05, 3.63) is 35.1 Å². The maximum atomic E-state index is 14.2. The van der Waals surface area contributed by atoms with Crippen LogP contribution in [-0.4, -0.2) is 31.1 Å². The molecule has 1 unspecified atom stereocenters. The van der Waals surface area contributed by atoms with E-state index in [2.05, 4.69) is 30.1 Å². The van der Waals surface area contributed by atoms with Gasteiger partial charge in [0.05, 0.1) is 0 Å². The molecular formula is C17H27FN2. The van der Waals surface area contributed by atoms with Crippen molar-refractivity contribution >= 4 is 0 Å². The molecule has 1 aliphatic heterocycles. The van der Waals surface area contributed by atoms with E-state index in [4.69, 9.17) is 0 Å². The van der Waals surface area contributed by atoms with Crippen LogP contribution in [0.15, 0.2) is 18.2 Å². The van der Waals surface area contributed by atoms with Gasteiger partial charge in [-0.2, -0.15) is 0 Å². The SMILES string of the molecule is CCC(C)c1ccc(CN2CCC(NC)CC2)c(F)c1. The van der Waals surface area contributed by atoms with Crippen molar-refractivity contribution in [2.75, 3.05) is 20.1 Å². The fourth-order valence-corrected chi connectivity index (χ4v) is 2.85. The molecule has 0 aliphatic carbocycles. The lowest BCUT2D eigenvalue weighted by Gasteiger charge is -2.31. The first-order valence-electron chi connectivity index (χ1n) is 7.82. The zero-order valence-electron chi connectivity index (χ0n) is 13.0. The monoisotopic (exact) mass is 278 g/mol. The molecule has 0 bridgehead atoms. The van der Waals surface area contributed by atoms with E-state index >= 15 is 0 Å². The number of nitrogens with one attached hydrogen (secondary N) is 1. The molecule has 0 spiro atoms. The summed E-state index contributed by atoms with van der Waals surface area (Å²) >= 11 is 0. The molecule has 2 nitrogen and oxygen atoms in total. The highest BCUT2D eigenvalue weighted by Crippen LogP contribution is 2.22. The molecule has 1 aliphatic rings. The molecule has 0 radical (unpaired) electrons. The summed E-state index contributed by atoms with van der Waals surface area (Å²) in [7, 11) is 2.02. The van der Waals surface area contributed by atoms with Gasteiger partial charge in [0.25, 0.3) is 0 Å². The Balaban J connectivity index is 1.96. The fraction of sp³-hybridized carbons (Fsp3) is 0.647. The van der Waals surface area contributed by atoms with Crippen molar-refractivity contribution in [1.29, 1.82) is 0 Å². The van der Waals surface area contributed by atoms with Gasteiger partial charge in [0.1, 0.15) is 5.82 Å². The second kappa shape index (κ2) is 7.19. The molecule has 1 atom stereocenters. The molecule has 1 heterocycles. The van der Waals surface area contributed by atoms with Crippen molar-refractivity contribution < 1.29 is 4.39 Å². The Hall–Kier alpha value is -0.930. The molecule has 0 saturated carbocycles. The van der Waals surface area contributed by atoms with Crippen molar-refractivity contribution in [1.82, 2.24) is 10.2 Å². The van der Waals surface area contributed by atoms with Crippen LogP contribution in [-0.2, 0) is 6.54 Å². The second-order valence-electron chi connectivity index (χ2n) is 6.00. The first-order valence-corrected chi connectivity index (χ1v) is 7.82. The number of benzene rings is 1. The van der Waals surface area contributed by atoms with E-state index in [0.29, 0.717) is 12.0 Å². The average molecular weight is 278 g/mol. The minimum atomic E-state index is -0.0430. The standard InChI is InChI=1S/C17H27FN2/c1-4-13(2)14-5-6-15(17(18)11-14)12-20-9-7-16(19-3)8-10-20/h5-6,11,13,16,19H,4,7-10,12H2,1-3H3. The van der Waals surface area contributed by atoms with Gasteiger partial charge in [-0.3, -0.25) is 4.90 Å². The highest BCUT2D eigenvalue weighted by molar-refractivity contribution is 5.26. The molecule has 1 aromatic rings. The maximum absolute atomic E-state index is 14.2. The van der Waals surface area contributed by atoms with Crippen LogP contribution in [0.4, 0.5) is 4.39 Å². The highest BCUT2D eigenvalue weighted by atomic mass is 19.1. The van der Waals surface area contributed by atoms with E-state index in [1.165, 1.54) is 0 Å². The van der Waals surface area contributed by atoms with Gasteiger partial charge in [-0.05, 0) is 56.9 Å². The van der Waals surface area contributed by atoms with Crippen LogP contribution in [0.1, 0.15) is 50.2 Å². The maximum Gasteiger partial charge on any atom is 0.127 e. The molecule has 1 saturated heterocycles. The molecule has 2 rings (SSSR count). The molecule has 0 aromatic heterocycles. The summed E-state index contributed by atoms with van der Waals surface area (Å²) < 4.78 is 14.2. The molecule has 1 N–H and O–H groups in total. The Morgan fingerprint density at radius 1 is 1.35 bits per heavy atom. The van der Waals surface area contributed by atoms with Crippen LogP contribution < -0.4 is 5.32 Å². The van der Waals surface area contributed by atoms with Crippen molar-refractivity contribution in [2.45, 2.75) is 51.6 Å². The van der Waals surface area contributed by atoms with Crippen LogP contribution in [0.3, 0.4) is 0 Å². The lowest BCUT2D eigenvalue weighted by atomic mass is 9.97. The minimum Gasteiger partial charge on any atom is -0.317 e. The number of likely N-dealkylation sites (tertiary alicyclic amines) is 1. The number of hydrogen-bond donors (Lipinski definition) is 1. The smallest absolute Gasteiger partial charge is 0.127 e. The van der Waals surface area contributed by atoms with Gasteiger partial charge in [-0.25, -0.2) is 4.39 Å². The second-order valence-corrected chi connectivity index (χ2v) is 6.00. The molecule has 0 amide bonds.